The molecule has 0 aliphatic heterocycles. The fourth-order valence-corrected chi connectivity index (χ4v) is 2.52. The van der Waals surface area contributed by atoms with Crippen molar-refractivity contribution in [2.24, 2.45) is 0 Å². The van der Waals surface area contributed by atoms with E-state index in [2.05, 4.69) is 25.9 Å². The van der Waals surface area contributed by atoms with Crippen molar-refractivity contribution >= 4 is 34.9 Å². The molecule has 1 aromatic carbocycles. The van der Waals surface area contributed by atoms with E-state index in [-0.39, 0.29) is 34.0 Å². The first-order chi connectivity index (χ1) is 14.7. The number of carbonyl (C=O) groups is 3. The molecule has 0 bridgehead atoms. The number of anilines is 2. The van der Waals surface area contributed by atoms with Crippen LogP contribution in [0.25, 0.3) is 5.65 Å². The smallest absolute Gasteiger partial charge is 0.343 e. The van der Waals surface area contributed by atoms with Gasteiger partial charge in [0.05, 0.1) is 24.0 Å². The summed E-state index contributed by atoms with van der Waals surface area (Å²) in [5, 5.41) is 16.9. The first kappa shape index (κ1) is 21.4. The van der Waals surface area contributed by atoms with Crippen molar-refractivity contribution in [1.82, 2.24) is 25.3 Å². The number of halogens is 1. The normalized spacial score (nSPS) is 11.6. The Morgan fingerprint density at radius 1 is 1.23 bits per heavy atom. The van der Waals surface area contributed by atoms with Crippen LogP contribution in [-0.2, 0) is 14.3 Å². The minimum Gasteiger partial charge on any atom is -0.494 e. The third-order valence-electron chi connectivity index (χ3n) is 3.80. The summed E-state index contributed by atoms with van der Waals surface area (Å²) in [7, 11) is 1.21. The number of fused-ring (bicyclic) bond motifs is 1. The predicted octanol–water partition coefficient (Wildman–Crippen LogP) is 0.567. The standard InChI is InChI=1S/C17H16FN7O6/c1-7(26)30-8(2)31-17(28)9-4-10(18)14(29-3)6-12(9)20-16(27)13-5-11(19)15-21-23-24-25(15)22-13/h4-6,8H,19H2,1-3H3,(H,20,27). The van der Waals surface area contributed by atoms with Crippen LogP contribution in [0.15, 0.2) is 18.2 Å². The van der Waals surface area contributed by atoms with Crippen molar-refractivity contribution in [3.05, 3.63) is 35.3 Å². The first-order valence-corrected chi connectivity index (χ1v) is 8.61. The van der Waals surface area contributed by atoms with E-state index in [1.165, 1.54) is 20.1 Å². The number of esters is 2. The van der Waals surface area contributed by atoms with E-state index in [0.29, 0.717) is 0 Å². The van der Waals surface area contributed by atoms with Gasteiger partial charge in [-0.15, -0.1) is 14.8 Å². The summed E-state index contributed by atoms with van der Waals surface area (Å²) in [6.45, 7) is 2.43. The van der Waals surface area contributed by atoms with Gasteiger partial charge in [0.1, 0.15) is 0 Å². The molecular weight excluding hydrogens is 417 g/mol. The summed E-state index contributed by atoms with van der Waals surface area (Å²) in [6, 6.07) is 3.12. The van der Waals surface area contributed by atoms with Crippen LogP contribution in [0.1, 0.15) is 34.7 Å². The number of hydrogen-bond acceptors (Lipinski definition) is 11. The molecule has 14 heteroatoms. The Morgan fingerprint density at radius 2 is 1.97 bits per heavy atom. The molecule has 162 valence electrons. The van der Waals surface area contributed by atoms with Gasteiger partial charge in [0.15, 0.2) is 17.3 Å². The molecule has 1 amide bonds. The third-order valence-corrected chi connectivity index (χ3v) is 3.80. The molecule has 13 nitrogen and oxygen atoms in total. The molecule has 3 aromatic rings. The van der Waals surface area contributed by atoms with Crippen molar-refractivity contribution in [3.63, 3.8) is 0 Å². The van der Waals surface area contributed by atoms with Gasteiger partial charge in [-0.3, -0.25) is 9.59 Å². The minimum absolute atomic E-state index is 0.0803. The number of nitrogens with one attached hydrogen (secondary N) is 1. The summed E-state index contributed by atoms with van der Waals surface area (Å²) in [6.07, 6.45) is -1.25. The van der Waals surface area contributed by atoms with Crippen molar-refractivity contribution in [3.8, 4) is 5.75 Å². The van der Waals surface area contributed by atoms with E-state index in [9.17, 15) is 18.8 Å². The molecule has 0 radical (unpaired) electrons. The molecule has 0 aliphatic rings. The Hall–Kier alpha value is -4.36. The molecule has 0 fully saturated rings. The van der Waals surface area contributed by atoms with E-state index in [4.69, 9.17) is 19.9 Å². The topological polar surface area (TPSA) is 173 Å². The van der Waals surface area contributed by atoms with Gasteiger partial charge in [0.2, 0.25) is 11.9 Å². The summed E-state index contributed by atoms with van der Waals surface area (Å²) >= 11 is 0. The molecule has 0 spiro atoms. The van der Waals surface area contributed by atoms with E-state index >= 15 is 0 Å². The zero-order chi connectivity index (χ0) is 22.7. The van der Waals surface area contributed by atoms with E-state index in [0.717, 1.165) is 23.7 Å². The monoisotopic (exact) mass is 433 g/mol. The summed E-state index contributed by atoms with van der Waals surface area (Å²) in [5.74, 6) is -3.68. The van der Waals surface area contributed by atoms with Gasteiger partial charge in [0, 0.05) is 19.9 Å². The van der Waals surface area contributed by atoms with E-state index in [1.807, 2.05) is 0 Å². The average Bonchev–Trinajstić information content (AvgIpc) is 3.17. The molecule has 0 aliphatic carbocycles. The van der Waals surface area contributed by atoms with Crippen molar-refractivity contribution in [2.45, 2.75) is 20.1 Å². The van der Waals surface area contributed by atoms with Crippen LogP contribution in [0.4, 0.5) is 15.8 Å². The highest BCUT2D eigenvalue weighted by molar-refractivity contribution is 6.07. The lowest BCUT2D eigenvalue weighted by Crippen LogP contribution is -2.23. The van der Waals surface area contributed by atoms with Crippen LogP contribution in [0, 0.1) is 5.82 Å². The largest absolute Gasteiger partial charge is 0.494 e. The number of tetrazole rings is 1. The number of benzene rings is 1. The number of ether oxygens (including phenoxy) is 3. The minimum atomic E-state index is -1.25. The average molecular weight is 433 g/mol. The zero-order valence-corrected chi connectivity index (χ0v) is 16.5. The van der Waals surface area contributed by atoms with Crippen LogP contribution in [0.5, 0.6) is 5.75 Å². The SMILES string of the molecule is COc1cc(NC(=O)c2cc(N)c3nnnn3n2)c(C(=O)OC(C)OC(C)=O)cc1F. The van der Waals surface area contributed by atoms with Gasteiger partial charge in [0.25, 0.3) is 5.91 Å². The Bertz CT molecular complexity index is 1180. The second-order valence-electron chi connectivity index (χ2n) is 6.05. The number of nitrogens with two attached hydrogens (primary N) is 1. The second kappa shape index (κ2) is 8.56. The number of hydrogen-bond donors (Lipinski definition) is 2. The van der Waals surface area contributed by atoms with Crippen molar-refractivity contribution in [1.29, 1.82) is 0 Å². The number of nitrogen functional groups attached to an aromatic ring is 1. The highest BCUT2D eigenvalue weighted by atomic mass is 19.1. The maximum absolute atomic E-state index is 14.2. The van der Waals surface area contributed by atoms with Crippen molar-refractivity contribution < 1.29 is 33.0 Å². The van der Waals surface area contributed by atoms with Crippen LogP contribution in [0.3, 0.4) is 0 Å². The lowest BCUT2D eigenvalue weighted by Gasteiger charge is -2.16. The number of methoxy groups -OCH3 is 1. The maximum Gasteiger partial charge on any atom is 0.343 e. The maximum atomic E-state index is 14.2. The highest BCUT2D eigenvalue weighted by Gasteiger charge is 2.23. The second-order valence-corrected chi connectivity index (χ2v) is 6.05. The summed E-state index contributed by atoms with van der Waals surface area (Å²) < 4.78 is 29.7. The molecule has 2 aromatic heterocycles. The molecule has 0 saturated heterocycles. The fraction of sp³-hybridized carbons (Fsp3) is 0.235. The lowest BCUT2D eigenvalue weighted by atomic mass is 10.1. The Labute approximate surface area is 173 Å². The van der Waals surface area contributed by atoms with Crippen LogP contribution in [-0.4, -0.2) is 56.5 Å². The molecule has 2 heterocycles. The molecule has 3 N–H and O–H groups in total. The lowest BCUT2D eigenvalue weighted by molar-refractivity contribution is -0.162. The first-order valence-electron chi connectivity index (χ1n) is 8.61. The Kier molecular flexibility index (Phi) is 5.90. The number of carbonyl (C=O) groups excluding carboxylic acids is 3. The highest BCUT2D eigenvalue weighted by Crippen LogP contribution is 2.28. The van der Waals surface area contributed by atoms with Crippen LogP contribution < -0.4 is 15.8 Å². The molecular formula is C17H16FN7O6. The number of rotatable bonds is 6. The van der Waals surface area contributed by atoms with Crippen LogP contribution in [0.2, 0.25) is 0 Å². The van der Waals surface area contributed by atoms with Gasteiger partial charge in [-0.1, -0.05) is 0 Å². The third kappa shape index (κ3) is 4.63. The molecule has 31 heavy (non-hydrogen) atoms. The fourth-order valence-electron chi connectivity index (χ4n) is 2.52. The van der Waals surface area contributed by atoms with Crippen molar-refractivity contribution in [2.75, 3.05) is 18.2 Å². The van der Waals surface area contributed by atoms with E-state index < -0.39 is 30.0 Å². The quantitative estimate of drug-likeness (QED) is 0.411. The Morgan fingerprint density at radius 3 is 2.65 bits per heavy atom. The number of nitrogens with zero attached hydrogens (tertiary/aromatic N) is 5. The van der Waals surface area contributed by atoms with Gasteiger partial charge < -0.3 is 25.3 Å². The van der Waals surface area contributed by atoms with E-state index in [1.54, 1.807) is 0 Å². The van der Waals surface area contributed by atoms with Gasteiger partial charge in [-0.05, 0) is 22.6 Å². The predicted molar refractivity (Wildman–Crippen MR) is 101 cm³/mol. The van der Waals surface area contributed by atoms with Gasteiger partial charge >= 0.3 is 11.9 Å². The number of amides is 1. The van der Waals surface area contributed by atoms with Crippen LogP contribution >= 0.6 is 0 Å². The summed E-state index contributed by atoms with van der Waals surface area (Å²) in [5.41, 5.74) is 5.33. The number of aromatic nitrogens is 5. The van der Waals surface area contributed by atoms with Gasteiger partial charge in [-0.25, -0.2) is 9.18 Å². The molecule has 0 saturated carbocycles. The molecule has 1 atom stereocenters. The molecule has 3 rings (SSSR count). The molecule has 1 unspecified atom stereocenters. The zero-order valence-electron chi connectivity index (χ0n) is 16.5. The summed E-state index contributed by atoms with van der Waals surface area (Å²) in [4.78, 5) is 36.2. The van der Waals surface area contributed by atoms with Gasteiger partial charge in [-0.2, -0.15) is 0 Å². The Balaban J connectivity index is 1.93.